The first-order chi connectivity index (χ1) is 7.16. The van der Waals surface area contributed by atoms with E-state index in [1.165, 1.54) is 0 Å². The van der Waals surface area contributed by atoms with Crippen LogP contribution in [-0.4, -0.2) is 38.0 Å². The Morgan fingerprint density at radius 3 is 2.81 bits per heavy atom. The molecule has 3 nitrogen and oxygen atoms in total. The highest BCUT2D eigenvalue weighted by Crippen LogP contribution is 2.22. The zero-order valence-corrected chi connectivity index (χ0v) is 11.5. The zero-order chi connectivity index (χ0) is 11.3. The van der Waals surface area contributed by atoms with Crippen molar-refractivity contribution in [3.63, 3.8) is 0 Å². The van der Waals surface area contributed by atoms with Crippen molar-refractivity contribution in [3.8, 4) is 0 Å². The number of likely N-dealkylation sites (N-methyl/N-ethyl adjacent to an activating group) is 2. The van der Waals surface area contributed by atoms with Crippen LogP contribution in [0.5, 0.6) is 0 Å². The first-order valence-corrected chi connectivity index (χ1v) is 5.97. The molecule has 1 aromatic rings. The molecule has 0 spiro atoms. The predicted octanol–water partition coefficient (Wildman–Crippen LogP) is 1.95. The first kappa shape index (κ1) is 15.4. The summed E-state index contributed by atoms with van der Waals surface area (Å²) in [5.41, 5.74) is 0. The Kier molecular flexibility index (Phi) is 7.38. The predicted molar refractivity (Wildman–Crippen MR) is 71.5 cm³/mol. The lowest BCUT2D eigenvalue weighted by Gasteiger charge is -2.20. The lowest BCUT2D eigenvalue weighted by Crippen LogP contribution is -2.35. The van der Waals surface area contributed by atoms with E-state index in [1.807, 2.05) is 38.5 Å². The molecule has 1 rings (SSSR count). The minimum atomic E-state index is -0.0214. The number of thiophene rings is 1. The Balaban J connectivity index is 0.00000225. The highest BCUT2D eigenvalue weighted by atomic mass is 35.5. The highest BCUT2D eigenvalue weighted by molar-refractivity contribution is 7.10. The van der Waals surface area contributed by atoms with Crippen molar-refractivity contribution < 1.29 is 4.79 Å². The third kappa shape index (κ3) is 4.12. The van der Waals surface area contributed by atoms with Crippen molar-refractivity contribution in [1.82, 2.24) is 10.2 Å². The molecule has 1 N–H and O–H groups in total. The van der Waals surface area contributed by atoms with E-state index in [4.69, 9.17) is 0 Å². The van der Waals surface area contributed by atoms with E-state index in [-0.39, 0.29) is 24.2 Å². The molecule has 0 fully saturated rings. The van der Waals surface area contributed by atoms with Gasteiger partial charge in [-0.2, -0.15) is 0 Å². The van der Waals surface area contributed by atoms with Crippen LogP contribution in [0.1, 0.15) is 17.7 Å². The minimum Gasteiger partial charge on any atom is -0.344 e. The summed E-state index contributed by atoms with van der Waals surface area (Å²) in [6.07, 6.45) is 0. The molecular formula is C11H19ClN2OS. The number of halogens is 1. The topological polar surface area (TPSA) is 32.3 Å². The van der Waals surface area contributed by atoms with Gasteiger partial charge in [-0.1, -0.05) is 6.07 Å². The first-order valence-electron chi connectivity index (χ1n) is 5.09. The summed E-state index contributed by atoms with van der Waals surface area (Å²) in [5, 5.41) is 5.04. The van der Waals surface area contributed by atoms with E-state index >= 15 is 0 Å². The molecule has 0 saturated carbocycles. The van der Waals surface area contributed by atoms with Gasteiger partial charge in [0, 0.05) is 25.0 Å². The third-order valence-corrected chi connectivity index (χ3v) is 3.47. The maximum Gasteiger partial charge on any atom is 0.230 e. The van der Waals surface area contributed by atoms with Gasteiger partial charge < -0.3 is 10.2 Å². The Labute approximate surface area is 107 Å². The molecule has 1 amide bonds. The van der Waals surface area contributed by atoms with Crippen LogP contribution in [0.25, 0.3) is 0 Å². The van der Waals surface area contributed by atoms with Gasteiger partial charge in [-0.15, -0.1) is 23.7 Å². The van der Waals surface area contributed by atoms with E-state index in [0.717, 1.165) is 18.0 Å². The van der Waals surface area contributed by atoms with Crippen LogP contribution in [-0.2, 0) is 4.79 Å². The van der Waals surface area contributed by atoms with Gasteiger partial charge in [0.2, 0.25) is 5.91 Å². The van der Waals surface area contributed by atoms with Crippen molar-refractivity contribution in [2.24, 2.45) is 0 Å². The summed E-state index contributed by atoms with van der Waals surface area (Å²) >= 11 is 1.64. The molecule has 0 saturated heterocycles. The van der Waals surface area contributed by atoms with Gasteiger partial charge in [0.15, 0.2) is 0 Å². The van der Waals surface area contributed by atoms with Crippen LogP contribution in [0.15, 0.2) is 17.5 Å². The van der Waals surface area contributed by atoms with Gasteiger partial charge in [0.1, 0.15) is 0 Å². The number of carbonyl (C=O) groups excluding carboxylic acids is 1. The van der Waals surface area contributed by atoms with Crippen molar-refractivity contribution in [1.29, 1.82) is 0 Å². The van der Waals surface area contributed by atoms with Gasteiger partial charge >= 0.3 is 0 Å². The Bertz CT molecular complexity index is 303. The number of carbonyl (C=O) groups is 1. The SMILES string of the molecule is CNCCN(C)C(=O)C(C)c1cccs1.Cl. The maximum absolute atomic E-state index is 12.0. The summed E-state index contributed by atoms with van der Waals surface area (Å²) in [4.78, 5) is 14.9. The molecule has 0 aliphatic heterocycles. The molecule has 1 aromatic heterocycles. The van der Waals surface area contributed by atoms with Crippen LogP contribution >= 0.6 is 23.7 Å². The molecule has 1 atom stereocenters. The molecule has 92 valence electrons. The normalized spacial score (nSPS) is 11.7. The molecule has 0 aliphatic rings. The zero-order valence-electron chi connectivity index (χ0n) is 9.90. The fourth-order valence-corrected chi connectivity index (χ4v) is 2.16. The molecule has 0 aliphatic carbocycles. The Hall–Kier alpha value is -0.580. The lowest BCUT2D eigenvalue weighted by molar-refractivity contribution is -0.131. The van der Waals surface area contributed by atoms with Crippen LogP contribution in [0.4, 0.5) is 0 Å². The third-order valence-electron chi connectivity index (χ3n) is 2.41. The fraction of sp³-hybridized carbons (Fsp3) is 0.545. The van der Waals surface area contributed by atoms with E-state index in [0.29, 0.717) is 0 Å². The monoisotopic (exact) mass is 262 g/mol. The van der Waals surface area contributed by atoms with E-state index < -0.39 is 0 Å². The number of hydrogen-bond acceptors (Lipinski definition) is 3. The average molecular weight is 263 g/mol. The fourth-order valence-electron chi connectivity index (χ4n) is 1.38. The second-order valence-electron chi connectivity index (χ2n) is 3.60. The van der Waals surface area contributed by atoms with Gasteiger partial charge in [0.05, 0.1) is 5.92 Å². The van der Waals surface area contributed by atoms with E-state index in [1.54, 1.807) is 16.2 Å². The second kappa shape index (κ2) is 7.65. The van der Waals surface area contributed by atoms with Crippen LogP contribution in [0.2, 0.25) is 0 Å². The van der Waals surface area contributed by atoms with Crippen molar-refractivity contribution in [2.75, 3.05) is 27.2 Å². The number of rotatable bonds is 5. The van der Waals surface area contributed by atoms with E-state index in [2.05, 4.69) is 5.32 Å². The number of hydrogen-bond donors (Lipinski definition) is 1. The van der Waals surface area contributed by atoms with Crippen LogP contribution in [0, 0.1) is 0 Å². The Morgan fingerprint density at radius 2 is 2.31 bits per heavy atom. The summed E-state index contributed by atoms with van der Waals surface area (Å²) in [5.74, 6) is 0.166. The number of nitrogens with zero attached hydrogens (tertiary/aromatic N) is 1. The highest BCUT2D eigenvalue weighted by Gasteiger charge is 2.19. The van der Waals surface area contributed by atoms with E-state index in [9.17, 15) is 4.79 Å². The van der Waals surface area contributed by atoms with Crippen molar-refractivity contribution in [2.45, 2.75) is 12.8 Å². The summed E-state index contributed by atoms with van der Waals surface area (Å²) in [7, 11) is 3.74. The Morgan fingerprint density at radius 1 is 1.62 bits per heavy atom. The number of amides is 1. The van der Waals surface area contributed by atoms with Crippen molar-refractivity contribution in [3.05, 3.63) is 22.4 Å². The van der Waals surface area contributed by atoms with Crippen LogP contribution in [0.3, 0.4) is 0 Å². The molecule has 0 aromatic carbocycles. The molecule has 0 bridgehead atoms. The lowest BCUT2D eigenvalue weighted by atomic mass is 10.1. The van der Waals surface area contributed by atoms with Gasteiger partial charge in [0.25, 0.3) is 0 Å². The van der Waals surface area contributed by atoms with Crippen molar-refractivity contribution >= 4 is 29.7 Å². The maximum atomic E-state index is 12.0. The summed E-state index contributed by atoms with van der Waals surface area (Å²) in [6.45, 7) is 3.55. The largest absolute Gasteiger partial charge is 0.344 e. The van der Waals surface area contributed by atoms with Crippen LogP contribution < -0.4 is 5.32 Å². The quantitative estimate of drug-likeness (QED) is 0.880. The smallest absolute Gasteiger partial charge is 0.230 e. The molecular weight excluding hydrogens is 244 g/mol. The molecule has 16 heavy (non-hydrogen) atoms. The molecule has 1 unspecified atom stereocenters. The van der Waals surface area contributed by atoms with Gasteiger partial charge in [-0.05, 0) is 25.4 Å². The minimum absolute atomic E-state index is 0. The molecule has 5 heteroatoms. The molecule has 0 radical (unpaired) electrons. The second-order valence-corrected chi connectivity index (χ2v) is 4.58. The summed E-state index contributed by atoms with van der Waals surface area (Å²) in [6, 6.07) is 4.00. The summed E-state index contributed by atoms with van der Waals surface area (Å²) < 4.78 is 0. The molecule has 1 heterocycles. The average Bonchev–Trinajstić information content (AvgIpc) is 2.77. The number of nitrogens with one attached hydrogen (secondary N) is 1. The standard InChI is InChI=1S/C11H18N2OS.ClH/c1-9(10-5-4-8-15-10)11(14)13(3)7-6-12-2;/h4-5,8-9,12H,6-7H2,1-3H3;1H. The van der Waals surface area contributed by atoms with Gasteiger partial charge in [-0.3, -0.25) is 4.79 Å². The van der Waals surface area contributed by atoms with Gasteiger partial charge in [-0.25, -0.2) is 0 Å².